The zero-order valence-electron chi connectivity index (χ0n) is 10.9. The molecule has 0 radical (unpaired) electrons. The quantitative estimate of drug-likeness (QED) is 0.683. The van der Waals surface area contributed by atoms with Gasteiger partial charge in [-0.3, -0.25) is 15.0 Å². The van der Waals surface area contributed by atoms with Crippen molar-refractivity contribution in [3.05, 3.63) is 38.9 Å². The number of piperidine rings is 1. The Morgan fingerprint density at radius 1 is 1.58 bits per heavy atom. The second kappa shape index (κ2) is 5.86. The van der Waals surface area contributed by atoms with Gasteiger partial charge in [-0.25, -0.2) is 0 Å². The molecule has 5 nitrogen and oxygen atoms in total. The number of halogens is 1. The van der Waals surface area contributed by atoms with Crippen LogP contribution in [0.15, 0.2) is 18.2 Å². The lowest BCUT2D eigenvalue weighted by Crippen LogP contribution is -2.45. The van der Waals surface area contributed by atoms with E-state index in [-0.39, 0.29) is 16.7 Å². The molecule has 1 fully saturated rings. The molecule has 104 valence electrons. The minimum atomic E-state index is -0.356. The van der Waals surface area contributed by atoms with Crippen molar-refractivity contribution >= 4 is 17.3 Å². The fourth-order valence-corrected chi connectivity index (χ4v) is 2.69. The minimum Gasteiger partial charge on any atom is -0.327 e. The highest BCUT2D eigenvalue weighted by Crippen LogP contribution is 2.26. The van der Waals surface area contributed by atoms with Gasteiger partial charge < -0.3 is 5.73 Å². The second-order valence-electron chi connectivity index (χ2n) is 5.20. The van der Waals surface area contributed by atoms with Gasteiger partial charge in [-0.1, -0.05) is 18.5 Å². The van der Waals surface area contributed by atoms with Crippen LogP contribution < -0.4 is 5.73 Å². The topological polar surface area (TPSA) is 72.4 Å². The maximum absolute atomic E-state index is 11.0. The van der Waals surface area contributed by atoms with E-state index in [0.29, 0.717) is 23.0 Å². The Morgan fingerprint density at radius 2 is 2.32 bits per heavy atom. The molecule has 2 unspecified atom stereocenters. The number of nitro benzene ring substituents is 1. The van der Waals surface area contributed by atoms with Gasteiger partial charge in [-0.05, 0) is 31.0 Å². The number of hydrogen-bond acceptors (Lipinski definition) is 4. The van der Waals surface area contributed by atoms with E-state index in [4.69, 9.17) is 17.3 Å². The van der Waals surface area contributed by atoms with Gasteiger partial charge in [0, 0.05) is 35.8 Å². The standard InChI is InChI=1S/C13H18ClN3O2/c1-9-7-16(5-4-12(9)15)8-10-6-11(14)2-3-13(10)17(18)19/h2-3,6,9,12H,4-5,7-8,15H2,1H3. The van der Waals surface area contributed by atoms with Crippen LogP contribution in [0.5, 0.6) is 0 Å². The Bertz CT molecular complexity index is 481. The van der Waals surface area contributed by atoms with E-state index in [1.807, 2.05) is 0 Å². The van der Waals surface area contributed by atoms with Gasteiger partial charge in [0.25, 0.3) is 5.69 Å². The largest absolute Gasteiger partial charge is 0.327 e. The van der Waals surface area contributed by atoms with Gasteiger partial charge in [0.05, 0.1) is 4.92 Å². The van der Waals surface area contributed by atoms with Crippen molar-refractivity contribution in [2.24, 2.45) is 11.7 Å². The third-order valence-electron chi connectivity index (χ3n) is 3.69. The van der Waals surface area contributed by atoms with E-state index in [0.717, 1.165) is 19.5 Å². The monoisotopic (exact) mass is 283 g/mol. The first-order valence-electron chi connectivity index (χ1n) is 6.38. The van der Waals surface area contributed by atoms with Crippen molar-refractivity contribution in [3.8, 4) is 0 Å². The van der Waals surface area contributed by atoms with Crippen molar-refractivity contribution in [1.29, 1.82) is 0 Å². The lowest BCUT2D eigenvalue weighted by atomic mass is 9.94. The van der Waals surface area contributed by atoms with Crippen LogP contribution in [0.2, 0.25) is 5.02 Å². The van der Waals surface area contributed by atoms with Crippen LogP contribution in [-0.2, 0) is 6.54 Å². The summed E-state index contributed by atoms with van der Waals surface area (Å²) in [5.74, 6) is 0.409. The first-order valence-corrected chi connectivity index (χ1v) is 6.76. The number of nitro groups is 1. The molecule has 0 aliphatic carbocycles. The molecular weight excluding hydrogens is 266 g/mol. The van der Waals surface area contributed by atoms with E-state index in [1.165, 1.54) is 6.07 Å². The molecule has 2 N–H and O–H groups in total. The van der Waals surface area contributed by atoms with Crippen molar-refractivity contribution in [2.75, 3.05) is 13.1 Å². The van der Waals surface area contributed by atoms with Gasteiger partial charge in [-0.2, -0.15) is 0 Å². The molecule has 0 saturated carbocycles. The Labute approximate surface area is 117 Å². The average molecular weight is 284 g/mol. The molecule has 1 heterocycles. The molecule has 6 heteroatoms. The number of rotatable bonds is 3. The minimum absolute atomic E-state index is 0.131. The number of likely N-dealkylation sites (tertiary alicyclic amines) is 1. The molecule has 1 aliphatic heterocycles. The zero-order valence-corrected chi connectivity index (χ0v) is 11.6. The predicted molar refractivity (Wildman–Crippen MR) is 75.1 cm³/mol. The Balaban J connectivity index is 2.14. The lowest BCUT2D eigenvalue weighted by molar-refractivity contribution is -0.385. The van der Waals surface area contributed by atoms with Gasteiger partial charge >= 0.3 is 0 Å². The molecule has 1 aromatic rings. The molecule has 2 rings (SSSR count). The predicted octanol–water partition coefficient (Wildman–Crippen LogP) is 2.42. The third-order valence-corrected chi connectivity index (χ3v) is 3.92. The maximum atomic E-state index is 11.0. The fourth-order valence-electron chi connectivity index (χ4n) is 2.49. The normalized spacial score (nSPS) is 24.4. The first kappa shape index (κ1) is 14.2. The summed E-state index contributed by atoms with van der Waals surface area (Å²) >= 11 is 5.93. The first-order chi connectivity index (χ1) is 8.97. The van der Waals surface area contributed by atoms with Crippen LogP contribution in [0, 0.1) is 16.0 Å². The summed E-state index contributed by atoms with van der Waals surface area (Å²) in [6, 6.07) is 4.93. The molecule has 1 aromatic carbocycles. The number of hydrogen-bond donors (Lipinski definition) is 1. The Hall–Kier alpha value is -1.17. The number of nitrogens with zero attached hydrogens (tertiary/aromatic N) is 2. The molecule has 1 aliphatic rings. The summed E-state index contributed by atoms with van der Waals surface area (Å²) in [6.07, 6.45) is 0.926. The smallest absolute Gasteiger partial charge is 0.273 e. The summed E-state index contributed by atoms with van der Waals surface area (Å²) < 4.78 is 0. The molecule has 0 aromatic heterocycles. The maximum Gasteiger partial charge on any atom is 0.273 e. The molecular formula is C13H18ClN3O2. The second-order valence-corrected chi connectivity index (χ2v) is 5.63. The summed E-state index contributed by atoms with van der Waals surface area (Å²) in [6.45, 7) is 4.40. The summed E-state index contributed by atoms with van der Waals surface area (Å²) in [5, 5.41) is 11.5. The highest BCUT2D eigenvalue weighted by molar-refractivity contribution is 6.30. The van der Waals surface area contributed by atoms with Crippen LogP contribution in [0.3, 0.4) is 0 Å². The molecule has 19 heavy (non-hydrogen) atoms. The highest BCUT2D eigenvalue weighted by atomic mass is 35.5. The van der Waals surface area contributed by atoms with Gasteiger partial charge in [0.1, 0.15) is 0 Å². The number of nitrogens with two attached hydrogens (primary N) is 1. The van der Waals surface area contributed by atoms with E-state index in [2.05, 4.69) is 11.8 Å². The van der Waals surface area contributed by atoms with Crippen molar-refractivity contribution < 1.29 is 4.92 Å². The van der Waals surface area contributed by atoms with E-state index < -0.39 is 0 Å². The summed E-state index contributed by atoms with van der Waals surface area (Å²) in [5.41, 5.74) is 6.78. The van der Waals surface area contributed by atoms with E-state index in [9.17, 15) is 10.1 Å². The molecule has 2 atom stereocenters. The van der Waals surface area contributed by atoms with E-state index >= 15 is 0 Å². The molecule has 0 bridgehead atoms. The van der Waals surface area contributed by atoms with Crippen LogP contribution in [0.4, 0.5) is 5.69 Å². The molecule has 0 amide bonds. The summed E-state index contributed by atoms with van der Waals surface area (Å²) in [7, 11) is 0. The van der Waals surface area contributed by atoms with Crippen molar-refractivity contribution in [1.82, 2.24) is 4.90 Å². The van der Waals surface area contributed by atoms with Crippen LogP contribution in [0.1, 0.15) is 18.9 Å². The Kier molecular flexibility index (Phi) is 4.39. The summed E-state index contributed by atoms with van der Waals surface area (Å²) in [4.78, 5) is 12.9. The molecule has 0 spiro atoms. The van der Waals surface area contributed by atoms with E-state index in [1.54, 1.807) is 12.1 Å². The van der Waals surface area contributed by atoms with Crippen LogP contribution in [0.25, 0.3) is 0 Å². The third kappa shape index (κ3) is 3.43. The number of benzene rings is 1. The van der Waals surface area contributed by atoms with Gasteiger partial charge in [0.15, 0.2) is 0 Å². The van der Waals surface area contributed by atoms with Gasteiger partial charge in [-0.15, -0.1) is 0 Å². The van der Waals surface area contributed by atoms with Gasteiger partial charge in [0.2, 0.25) is 0 Å². The molecule has 1 saturated heterocycles. The van der Waals surface area contributed by atoms with Crippen LogP contribution >= 0.6 is 11.6 Å². The van der Waals surface area contributed by atoms with Crippen molar-refractivity contribution in [2.45, 2.75) is 25.9 Å². The highest BCUT2D eigenvalue weighted by Gasteiger charge is 2.25. The zero-order chi connectivity index (χ0) is 14.0. The van der Waals surface area contributed by atoms with Crippen molar-refractivity contribution in [3.63, 3.8) is 0 Å². The Morgan fingerprint density at radius 3 is 2.95 bits per heavy atom. The van der Waals surface area contributed by atoms with Crippen LogP contribution in [-0.4, -0.2) is 29.0 Å². The lowest BCUT2D eigenvalue weighted by Gasteiger charge is -2.34. The average Bonchev–Trinajstić information content (AvgIpc) is 2.33. The fraction of sp³-hybridized carbons (Fsp3) is 0.538. The SMILES string of the molecule is CC1CN(Cc2cc(Cl)ccc2[N+](=O)[O-])CCC1N.